The molecule has 0 fully saturated rings. The molecule has 0 heterocycles. The molecule has 162 valence electrons. The van der Waals surface area contributed by atoms with Gasteiger partial charge in [0.15, 0.2) is 11.5 Å². The average molecular weight is 415 g/mol. The second-order valence-corrected chi connectivity index (χ2v) is 7.47. The Morgan fingerprint density at radius 1 is 1.00 bits per heavy atom. The number of carbonyl (C=O) groups excluding carboxylic acids is 1. The predicted octanol–water partition coefficient (Wildman–Crippen LogP) is 4.53. The van der Waals surface area contributed by atoms with Gasteiger partial charge in [0.1, 0.15) is 19.0 Å². The summed E-state index contributed by atoms with van der Waals surface area (Å²) in [6, 6.07) is 13.5. The number of hydrogen-bond donors (Lipinski definition) is 1. The first-order valence-electron chi connectivity index (χ1n) is 9.83. The summed E-state index contributed by atoms with van der Waals surface area (Å²) in [4.78, 5) is 11.0. The molecular formula is C23H30N2O5. The molecule has 0 bridgehead atoms. The highest BCUT2D eigenvalue weighted by Crippen LogP contribution is 2.28. The first-order chi connectivity index (χ1) is 14.3. The minimum absolute atomic E-state index is 0.115. The Morgan fingerprint density at radius 3 is 2.33 bits per heavy atom. The van der Waals surface area contributed by atoms with Gasteiger partial charge in [0, 0.05) is 0 Å². The quantitative estimate of drug-likeness (QED) is 0.370. The molecular weight excluding hydrogens is 384 g/mol. The highest BCUT2D eigenvalue weighted by Gasteiger charge is 2.13. The molecule has 2 rings (SSSR count). The molecule has 0 aromatic heterocycles. The number of ether oxygens (including phenoxy) is 4. The van der Waals surface area contributed by atoms with Gasteiger partial charge in [0.05, 0.1) is 19.9 Å². The van der Waals surface area contributed by atoms with E-state index in [0.717, 1.165) is 11.3 Å². The van der Waals surface area contributed by atoms with Crippen molar-refractivity contribution in [1.29, 1.82) is 0 Å². The Kier molecular flexibility index (Phi) is 8.53. The van der Waals surface area contributed by atoms with Crippen molar-refractivity contribution in [2.24, 2.45) is 5.10 Å². The molecule has 0 radical (unpaired) electrons. The summed E-state index contributed by atoms with van der Waals surface area (Å²) in [6.07, 6.45) is 0.859. The van der Waals surface area contributed by atoms with E-state index in [1.165, 1.54) is 18.9 Å². The zero-order valence-corrected chi connectivity index (χ0v) is 18.2. The van der Waals surface area contributed by atoms with Gasteiger partial charge in [0.2, 0.25) is 0 Å². The Hall–Kier alpha value is -3.22. The fourth-order valence-corrected chi connectivity index (χ4v) is 2.56. The van der Waals surface area contributed by atoms with Crippen LogP contribution in [0.15, 0.2) is 47.6 Å². The van der Waals surface area contributed by atoms with Crippen molar-refractivity contribution in [3.8, 4) is 17.2 Å². The van der Waals surface area contributed by atoms with E-state index < -0.39 is 6.09 Å². The lowest BCUT2D eigenvalue weighted by atomic mass is 9.87. The van der Waals surface area contributed by atoms with Crippen LogP contribution >= 0.6 is 0 Å². The van der Waals surface area contributed by atoms with Gasteiger partial charge in [-0.3, -0.25) is 0 Å². The summed E-state index contributed by atoms with van der Waals surface area (Å²) in [5.41, 5.74) is 4.36. The number of rotatable bonds is 9. The first kappa shape index (κ1) is 23.1. The summed E-state index contributed by atoms with van der Waals surface area (Å²) in [7, 11) is 1.27. The van der Waals surface area contributed by atoms with Crippen LogP contribution in [0, 0.1) is 0 Å². The normalized spacial score (nSPS) is 11.2. The van der Waals surface area contributed by atoms with Gasteiger partial charge >= 0.3 is 6.09 Å². The summed E-state index contributed by atoms with van der Waals surface area (Å²) in [5.74, 6) is 2.01. The minimum Gasteiger partial charge on any atom is -0.490 e. The maximum atomic E-state index is 11.0. The standard InChI is InChI=1S/C23H30N2O5/c1-6-28-21-15-17(16-24-25-22(26)27-5)7-12-20(21)30-14-13-29-19-10-8-18(9-11-19)23(2,3)4/h7-12,15-16H,6,13-14H2,1-5H3,(H,25,26). The SMILES string of the molecule is CCOc1cc(C=NNC(=O)OC)ccc1OCCOc1ccc(C(C)(C)C)cc1. The van der Waals surface area contributed by atoms with Crippen molar-refractivity contribution in [2.75, 3.05) is 26.9 Å². The number of nitrogens with zero attached hydrogens (tertiary/aromatic N) is 1. The molecule has 1 amide bonds. The molecule has 0 saturated carbocycles. The number of hydrazone groups is 1. The third-order valence-electron chi connectivity index (χ3n) is 4.15. The largest absolute Gasteiger partial charge is 0.490 e. The lowest BCUT2D eigenvalue weighted by Crippen LogP contribution is -2.16. The lowest BCUT2D eigenvalue weighted by Gasteiger charge is -2.19. The van der Waals surface area contributed by atoms with Crippen molar-refractivity contribution < 1.29 is 23.7 Å². The molecule has 30 heavy (non-hydrogen) atoms. The third-order valence-corrected chi connectivity index (χ3v) is 4.15. The zero-order chi connectivity index (χ0) is 22.0. The van der Waals surface area contributed by atoms with Crippen LogP contribution < -0.4 is 19.6 Å². The smallest absolute Gasteiger partial charge is 0.427 e. The molecule has 7 nitrogen and oxygen atoms in total. The van der Waals surface area contributed by atoms with Gasteiger partial charge < -0.3 is 18.9 Å². The van der Waals surface area contributed by atoms with Crippen LogP contribution in [-0.4, -0.2) is 39.2 Å². The Morgan fingerprint density at radius 2 is 1.70 bits per heavy atom. The average Bonchev–Trinajstić information content (AvgIpc) is 2.72. The zero-order valence-electron chi connectivity index (χ0n) is 18.2. The Bertz CT molecular complexity index is 842. The van der Waals surface area contributed by atoms with E-state index in [4.69, 9.17) is 14.2 Å². The van der Waals surface area contributed by atoms with E-state index in [9.17, 15) is 4.79 Å². The molecule has 0 aliphatic rings. The van der Waals surface area contributed by atoms with Crippen molar-refractivity contribution >= 4 is 12.3 Å². The third kappa shape index (κ3) is 7.31. The fraction of sp³-hybridized carbons (Fsp3) is 0.391. The van der Waals surface area contributed by atoms with E-state index in [1.54, 1.807) is 12.1 Å². The van der Waals surface area contributed by atoms with E-state index >= 15 is 0 Å². The maximum Gasteiger partial charge on any atom is 0.427 e. The molecule has 7 heteroatoms. The van der Waals surface area contributed by atoms with Crippen LogP contribution in [0.1, 0.15) is 38.8 Å². The number of amides is 1. The monoisotopic (exact) mass is 414 g/mol. The summed E-state index contributed by atoms with van der Waals surface area (Å²) >= 11 is 0. The van der Waals surface area contributed by atoms with Crippen molar-refractivity contribution in [2.45, 2.75) is 33.1 Å². The van der Waals surface area contributed by atoms with E-state index in [-0.39, 0.29) is 5.41 Å². The molecule has 0 unspecified atom stereocenters. The van der Waals surface area contributed by atoms with Gasteiger partial charge in [-0.15, -0.1) is 0 Å². The second-order valence-electron chi connectivity index (χ2n) is 7.47. The van der Waals surface area contributed by atoms with Gasteiger partial charge in [-0.2, -0.15) is 5.10 Å². The Labute approximate surface area is 178 Å². The van der Waals surface area contributed by atoms with Crippen LogP contribution in [0.25, 0.3) is 0 Å². The second kappa shape index (κ2) is 11.1. The number of hydrogen-bond acceptors (Lipinski definition) is 6. The number of benzene rings is 2. The molecule has 2 aromatic carbocycles. The van der Waals surface area contributed by atoms with Crippen LogP contribution in [0.4, 0.5) is 4.79 Å². The van der Waals surface area contributed by atoms with Gasteiger partial charge in [-0.05, 0) is 53.8 Å². The molecule has 1 N–H and O–H groups in total. The minimum atomic E-state index is -0.635. The Balaban J connectivity index is 1.90. The predicted molar refractivity (Wildman–Crippen MR) is 117 cm³/mol. The fourth-order valence-electron chi connectivity index (χ4n) is 2.56. The van der Waals surface area contributed by atoms with Crippen LogP contribution in [-0.2, 0) is 10.2 Å². The number of nitrogens with one attached hydrogen (secondary N) is 1. The van der Waals surface area contributed by atoms with E-state index in [0.29, 0.717) is 31.3 Å². The maximum absolute atomic E-state index is 11.0. The highest BCUT2D eigenvalue weighted by molar-refractivity contribution is 5.82. The van der Waals surface area contributed by atoms with E-state index in [1.807, 2.05) is 25.1 Å². The molecule has 0 spiro atoms. The summed E-state index contributed by atoms with van der Waals surface area (Å²) < 4.78 is 21.7. The molecule has 2 aromatic rings. The molecule has 0 saturated heterocycles. The highest BCUT2D eigenvalue weighted by atomic mass is 16.5. The molecule has 0 aliphatic carbocycles. The molecule has 0 aliphatic heterocycles. The number of methoxy groups -OCH3 is 1. The van der Waals surface area contributed by atoms with Crippen LogP contribution in [0.5, 0.6) is 17.2 Å². The van der Waals surface area contributed by atoms with Gasteiger partial charge in [-0.1, -0.05) is 32.9 Å². The summed E-state index contributed by atoms with van der Waals surface area (Å²) in [5, 5.41) is 3.81. The topological polar surface area (TPSA) is 78.4 Å². The number of carbonyl (C=O) groups is 1. The van der Waals surface area contributed by atoms with Crippen molar-refractivity contribution in [3.05, 3.63) is 53.6 Å². The molecule has 0 atom stereocenters. The van der Waals surface area contributed by atoms with Crippen molar-refractivity contribution in [1.82, 2.24) is 5.43 Å². The van der Waals surface area contributed by atoms with Gasteiger partial charge in [-0.25, -0.2) is 10.2 Å². The van der Waals surface area contributed by atoms with Crippen molar-refractivity contribution in [3.63, 3.8) is 0 Å². The first-order valence-corrected chi connectivity index (χ1v) is 9.83. The van der Waals surface area contributed by atoms with E-state index in [2.05, 4.69) is 48.2 Å². The summed E-state index contributed by atoms with van der Waals surface area (Å²) in [6.45, 7) is 9.71. The van der Waals surface area contributed by atoms with Crippen LogP contribution in [0.2, 0.25) is 0 Å². The lowest BCUT2D eigenvalue weighted by molar-refractivity contribution is 0.171. The van der Waals surface area contributed by atoms with Gasteiger partial charge in [0.25, 0.3) is 0 Å². The van der Waals surface area contributed by atoms with Crippen LogP contribution in [0.3, 0.4) is 0 Å².